The van der Waals surface area contributed by atoms with Gasteiger partial charge in [0.05, 0.1) is 18.1 Å². The second-order valence-electron chi connectivity index (χ2n) is 4.92. The standard InChI is InChI=1S/C12H20N2O6/c1-5-19-10(15)12(14(17)18)9(7-8(3)4)13(12)11(16)20-6-2/h8-9H,5-7H2,1-4H3/t9-,12+,13?/m0/s1. The molecular weight excluding hydrogens is 268 g/mol. The molecule has 1 rings (SSSR count). The molecule has 1 aliphatic rings. The zero-order valence-corrected chi connectivity index (χ0v) is 12.1. The maximum Gasteiger partial charge on any atom is 0.418 e. The molecule has 0 radical (unpaired) electrons. The van der Waals surface area contributed by atoms with Gasteiger partial charge in [0.15, 0.2) is 0 Å². The van der Waals surface area contributed by atoms with Crippen molar-refractivity contribution in [3.63, 3.8) is 0 Å². The Kier molecular flexibility index (Phi) is 4.91. The van der Waals surface area contributed by atoms with E-state index in [1.165, 1.54) is 0 Å². The second kappa shape index (κ2) is 6.06. The molecule has 1 heterocycles. The van der Waals surface area contributed by atoms with Gasteiger partial charge in [0.1, 0.15) is 6.04 Å². The van der Waals surface area contributed by atoms with Crippen LogP contribution in [0.1, 0.15) is 34.1 Å². The smallest absolute Gasteiger partial charge is 0.418 e. The largest absolute Gasteiger partial charge is 0.459 e. The second-order valence-corrected chi connectivity index (χ2v) is 4.92. The summed E-state index contributed by atoms with van der Waals surface area (Å²) in [6, 6.07) is -0.824. The number of ether oxygens (including phenoxy) is 2. The predicted octanol–water partition coefficient (Wildman–Crippen LogP) is 1.41. The summed E-state index contributed by atoms with van der Waals surface area (Å²) in [6.45, 7) is 6.96. The topological polar surface area (TPSA) is 98.8 Å². The highest BCUT2D eigenvalue weighted by atomic mass is 16.7. The molecule has 0 bridgehead atoms. The summed E-state index contributed by atoms with van der Waals surface area (Å²) in [5.41, 5.74) is -2.13. The van der Waals surface area contributed by atoms with Gasteiger partial charge in [-0.3, -0.25) is 10.1 Å². The van der Waals surface area contributed by atoms with Crippen molar-refractivity contribution in [2.24, 2.45) is 5.92 Å². The molecule has 114 valence electrons. The fourth-order valence-electron chi connectivity index (χ4n) is 2.27. The highest BCUT2D eigenvalue weighted by Gasteiger charge is 2.83. The Labute approximate surface area is 117 Å². The Morgan fingerprint density at radius 3 is 2.25 bits per heavy atom. The molecule has 1 fully saturated rings. The molecule has 1 amide bonds. The molecule has 0 saturated carbocycles. The van der Waals surface area contributed by atoms with Crippen LogP contribution < -0.4 is 0 Å². The molecule has 0 aliphatic carbocycles. The molecule has 20 heavy (non-hydrogen) atoms. The normalized spacial score (nSPS) is 24.4. The maximum absolute atomic E-state index is 12.0. The average molecular weight is 288 g/mol. The van der Waals surface area contributed by atoms with Gasteiger partial charge in [0.25, 0.3) is 0 Å². The minimum absolute atomic E-state index is 0.0134. The van der Waals surface area contributed by atoms with Crippen LogP contribution in [0.5, 0.6) is 0 Å². The Morgan fingerprint density at radius 1 is 1.30 bits per heavy atom. The van der Waals surface area contributed by atoms with Gasteiger partial charge in [-0.05, 0) is 26.2 Å². The van der Waals surface area contributed by atoms with Crippen LogP contribution in [0.25, 0.3) is 0 Å². The third kappa shape index (κ3) is 2.54. The minimum Gasteiger partial charge on any atom is -0.459 e. The summed E-state index contributed by atoms with van der Waals surface area (Å²) in [5, 5.41) is 11.4. The van der Waals surface area contributed by atoms with E-state index >= 15 is 0 Å². The van der Waals surface area contributed by atoms with Gasteiger partial charge in [-0.2, -0.15) is 0 Å². The lowest BCUT2D eigenvalue weighted by Gasteiger charge is -2.08. The Hall–Kier alpha value is -1.86. The molecule has 8 nitrogen and oxygen atoms in total. The van der Waals surface area contributed by atoms with Crippen molar-refractivity contribution >= 4 is 12.1 Å². The molecule has 0 unspecified atom stereocenters. The van der Waals surface area contributed by atoms with Gasteiger partial charge in [-0.15, -0.1) is 0 Å². The third-order valence-corrected chi connectivity index (χ3v) is 3.09. The number of carbonyl (C=O) groups excluding carboxylic acids is 2. The number of carbonyl (C=O) groups is 2. The van der Waals surface area contributed by atoms with E-state index in [0.29, 0.717) is 6.42 Å². The fourth-order valence-corrected chi connectivity index (χ4v) is 2.27. The Morgan fingerprint density at radius 2 is 1.85 bits per heavy atom. The number of hydrogen-bond acceptors (Lipinski definition) is 6. The lowest BCUT2D eigenvalue weighted by molar-refractivity contribution is -0.536. The van der Waals surface area contributed by atoms with E-state index in [0.717, 1.165) is 4.90 Å². The first-order valence-electron chi connectivity index (χ1n) is 6.61. The molecule has 0 N–H and O–H groups in total. The van der Waals surface area contributed by atoms with E-state index in [1.807, 2.05) is 13.8 Å². The van der Waals surface area contributed by atoms with Crippen LogP contribution in [0.3, 0.4) is 0 Å². The van der Waals surface area contributed by atoms with E-state index in [-0.39, 0.29) is 19.1 Å². The molecule has 1 aliphatic heterocycles. The van der Waals surface area contributed by atoms with Gasteiger partial charge in [-0.25, -0.2) is 14.5 Å². The quantitative estimate of drug-likeness (QED) is 0.317. The fraction of sp³-hybridized carbons (Fsp3) is 0.833. The Balaban J connectivity index is 3.08. The summed E-state index contributed by atoms with van der Waals surface area (Å²) in [4.78, 5) is 35.3. The van der Waals surface area contributed by atoms with Gasteiger partial charge >= 0.3 is 17.7 Å². The number of nitro groups is 1. The van der Waals surface area contributed by atoms with Crippen LogP contribution >= 0.6 is 0 Å². The van der Waals surface area contributed by atoms with Crippen molar-refractivity contribution in [1.29, 1.82) is 0 Å². The van der Waals surface area contributed by atoms with Gasteiger partial charge in [-0.1, -0.05) is 13.8 Å². The van der Waals surface area contributed by atoms with Gasteiger partial charge < -0.3 is 9.47 Å². The number of hydrogen-bond donors (Lipinski definition) is 0. The Bertz CT molecular complexity index is 411. The van der Waals surface area contributed by atoms with Crippen LogP contribution in [0, 0.1) is 16.0 Å². The highest BCUT2D eigenvalue weighted by molar-refractivity contribution is 5.91. The minimum atomic E-state index is -2.13. The first kappa shape index (κ1) is 16.2. The lowest BCUT2D eigenvalue weighted by atomic mass is 10.0. The molecule has 0 aromatic rings. The van der Waals surface area contributed by atoms with Crippen LogP contribution in [-0.2, 0) is 14.3 Å². The monoisotopic (exact) mass is 288 g/mol. The summed E-state index contributed by atoms with van der Waals surface area (Å²) in [6.07, 6.45) is -0.526. The first-order valence-corrected chi connectivity index (χ1v) is 6.61. The zero-order chi connectivity index (χ0) is 15.5. The average Bonchev–Trinajstić information content (AvgIpc) is 2.98. The number of amides is 1. The molecule has 0 aromatic heterocycles. The van der Waals surface area contributed by atoms with E-state index in [2.05, 4.69) is 0 Å². The molecule has 0 spiro atoms. The zero-order valence-electron chi connectivity index (χ0n) is 12.1. The number of rotatable bonds is 6. The summed E-state index contributed by atoms with van der Waals surface area (Å²) < 4.78 is 9.56. The molecule has 2 atom stereocenters. The SMILES string of the molecule is CCOC(=O)N1[C@@H](CC(C)C)[C@]1(C(=O)OCC)[N+](=O)[O-]. The number of nitrogens with zero attached hydrogens (tertiary/aromatic N) is 2. The first-order chi connectivity index (χ1) is 9.33. The van der Waals surface area contributed by atoms with Crippen molar-refractivity contribution in [3.8, 4) is 0 Å². The van der Waals surface area contributed by atoms with Gasteiger partial charge in [0, 0.05) is 0 Å². The highest BCUT2D eigenvalue weighted by Crippen LogP contribution is 2.46. The van der Waals surface area contributed by atoms with E-state index in [4.69, 9.17) is 9.47 Å². The van der Waals surface area contributed by atoms with Gasteiger partial charge in [0.2, 0.25) is 0 Å². The predicted molar refractivity (Wildman–Crippen MR) is 68.5 cm³/mol. The summed E-state index contributed by atoms with van der Waals surface area (Å²) >= 11 is 0. The maximum atomic E-state index is 12.0. The lowest BCUT2D eigenvalue weighted by Crippen LogP contribution is -2.42. The summed E-state index contributed by atoms with van der Waals surface area (Å²) in [5.74, 6) is -0.920. The van der Waals surface area contributed by atoms with Crippen molar-refractivity contribution in [2.45, 2.75) is 45.8 Å². The van der Waals surface area contributed by atoms with Crippen molar-refractivity contribution in [2.75, 3.05) is 13.2 Å². The van der Waals surface area contributed by atoms with Crippen LogP contribution in [0.4, 0.5) is 4.79 Å². The molecule has 1 saturated heterocycles. The molecular formula is C12H20N2O6. The molecule has 8 heteroatoms. The van der Waals surface area contributed by atoms with Crippen molar-refractivity contribution in [3.05, 3.63) is 10.1 Å². The van der Waals surface area contributed by atoms with Crippen LogP contribution in [0.15, 0.2) is 0 Å². The van der Waals surface area contributed by atoms with Crippen LogP contribution in [0.2, 0.25) is 0 Å². The molecule has 0 aromatic carbocycles. The number of esters is 1. The van der Waals surface area contributed by atoms with Crippen LogP contribution in [-0.4, -0.2) is 46.8 Å². The van der Waals surface area contributed by atoms with E-state index in [1.54, 1.807) is 13.8 Å². The third-order valence-electron chi connectivity index (χ3n) is 3.09. The summed E-state index contributed by atoms with van der Waals surface area (Å²) in [7, 11) is 0. The van der Waals surface area contributed by atoms with E-state index in [9.17, 15) is 19.7 Å². The van der Waals surface area contributed by atoms with E-state index < -0.39 is 28.7 Å². The van der Waals surface area contributed by atoms with Crippen molar-refractivity contribution in [1.82, 2.24) is 4.90 Å². The van der Waals surface area contributed by atoms with Crippen molar-refractivity contribution < 1.29 is 24.0 Å².